The SMILES string of the molecule is CC(=O)N1N=C(c2cc(C3CC3)nc3ccccc23)O[C@@H]1c1ccc2c(c1)OCO2. The Labute approximate surface area is 172 Å². The van der Waals surface area contributed by atoms with Crippen LogP contribution in [0.3, 0.4) is 0 Å². The number of rotatable bonds is 3. The molecule has 150 valence electrons. The number of fused-ring (bicyclic) bond motifs is 2. The van der Waals surface area contributed by atoms with Crippen LogP contribution >= 0.6 is 0 Å². The lowest BCUT2D eigenvalue weighted by Gasteiger charge is -2.19. The first kappa shape index (κ1) is 17.3. The van der Waals surface area contributed by atoms with Crippen molar-refractivity contribution < 1.29 is 19.0 Å². The summed E-state index contributed by atoms with van der Waals surface area (Å²) in [5.41, 5.74) is 3.59. The Morgan fingerprint density at radius 3 is 2.73 bits per heavy atom. The third-order valence-corrected chi connectivity index (χ3v) is 5.61. The largest absolute Gasteiger partial charge is 0.454 e. The van der Waals surface area contributed by atoms with Gasteiger partial charge in [-0.2, -0.15) is 5.01 Å². The standard InChI is InChI=1S/C23H19N3O4/c1-13(27)26-23(15-8-9-20-21(10-15)29-12-28-20)30-22(25-26)17-11-19(14-6-7-14)24-18-5-3-2-4-16(17)18/h2-5,8-11,14,23H,6-7,12H2,1H3/t23-/m1/s1. The second kappa shape index (κ2) is 6.45. The Hall–Kier alpha value is -3.61. The number of ether oxygens (including phenoxy) is 3. The van der Waals surface area contributed by atoms with Crippen LogP contribution < -0.4 is 9.47 Å². The molecule has 0 spiro atoms. The molecule has 0 N–H and O–H groups in total. The van der Waals surface area contributed by atoms with Crippen LogP contribution in [0.5, 0.6) is 11.5 Å². The molecule has 6 rings (SSSR count). The van der Waals surface area contributed by atoms with Crippen LogP contribution in [-0.4, -0.2) is 28.6 Å². The lowest BCUT2D eigenvalue weighted by Crippen LogP contribution is -2.25. The van der Waals surface area contributed by atoms with Crippen LogP contribution in [0, 0.1) is 0 Å². The predicted octanol–water partition coefficient (Wildman–Crippen LogP) is 4.08. The van der Waals surface area contributed by atoms with Gasteiger partial charge in [0.15, 0.2) is 11.5 Å². The Bertz CT molecular complexity index is 1220. The molecule has 3 aliphatic rings. The highest BCUT2D eigenvalue weighted by molar-refractivity contribution is 6.07. The highest BCUT2D eigenvalue weighted by Crippen LogP contribution is 2.42. The molecule has 30 heavy (non-hydrogen) atoms. The minimum atomic E-state index is -0.664. The Morgan fingerprint density at radius 2 is 1.90 bits per heavy atom. The van der Waals surface area contributed by atoms with Gasteiger partial charge in [-0.05, 0) is 43.2 Å². The maximum Gasteiger partial charge on any atom is 0.243 e. The van der Waals surface area contributed by atoms with Crippen molar-refractivity contribution in [3.05, 3.63) is 65.4 Å². The first-order valence-corrected chi connectivity index (χ1v) is 10.0. The van der Waals surface area contributed by atoms with Gasteiger partial charge in [0.25, 0.3) is 0 Å². The monoisotopic (exact) mass is 401 g/mol. The molecule has 0 saturated heterocycles. The molecular formula is C23H19N3O4. The van der Waals surface area contributed by atoms with E-state index in [0.717, 1.165) is 40.6 Å². The van der Waals surface area contributed by atoms with Crippen LogP contribution in [0.15, 0.2) is 53.6 Å². The van der Waals surface area contributed by atoms with Crippen molar-refractivity contribution in [2.75, 3.05) is 6.79 Å². The van der Waals surface area contributed by atoms with Gasteiger partial charge in [-0.15, -0.1) is 5.10 Å². The summed E-state index contributed by atoms with van der Waals surface area (Å²) in [6.45, 7) is 1.67. The van der Waals surface area contributed by atoms with Crippen molar-refractivity contribution in [3.8, 4) is 11.5 Å². The number of aromatic nitrogens is 1. The first-order chi connectivity index (χ1) is 14.7. The molecule has 3 heterocycles. The van der Waals surface area contributed by atoms with E-state index in [2.05, 4.69) is 11.2 Å². The molecule has 0 radical (unpaired) electrons. The number of benzene rings is 2. The van der Waals surface area contributed by atoms with E-state index in [1.54, 1.807) is 0 Å². The molecule has 2 aliphatic heterocycles. The van der Waals surface area contributed by atoms with E-state index in [-0.39, 0.29) is 12.7 Å². The van der Waals surface area contributed by atoms with Gasteiger partial charge < -0.3 is 14.2 Å². The normalized spacial score (nSPS) is 19.7. The van der Waals surface area contributed by atoms with Crippen LogP contribution in [0.2, 0.25) is 0 Å². The zero-order valence-electron chi connectivity index (χ0n) is 16.4. The highest BCUT2D eigenvalue weighted by Gasteiger charge is 2.35. The summed E-state index contributed by atoms with van der Waals surface area (Å²) in [4.78, 5) is 17.2. The van der Waals surface area contributed by atoms with E-state index in [1.165, 1.54) is 11.9 Å². The number of amides is 1. The molecule has 1 atom stereocenters. The van der Waals surface area contributed by atoms with Crippen molar-refractivity contribution in [3.63, 3.8) is 0 Å². The van der Waals surface area contributed by atoms with Crippen LogP contribution in [0.4, 0.5) is 0 Å². The quantitative estimate of drug-likeness (QED) is 0.661. The van der Waals surface area contributed by atoms with Crippen molar-refractivity contribution in [2.45, 2.75) is 31.9 Å². The smallest absolute Gasteiger partial charge is 0.243 e. The van der Waals surface area contributed by atoms with E-state index in [1.807, 2.05) is 42.5 Å². The molecule has 2 aromatic carbocycles. The molecule has 1 amide bonds. The summed E-state index contributed by atoms with van der Waals surface area (Å²) in [5.74, 6) is 2.03. The highest BCUT2D eigenvalue weighted by atomic mass is 16.7. The van der Waals surface area contributed by atoms with Gasteiger partial charge in [0.05, 0.1) is 5.52 Å². The Morgan fingerprint density at radius 1 is 1.07 bits per heavy atom. The molecule has 7 nitrogen and oxygen atoms in total. The number of carbonyl (C=O) groups is 1. The van der Waals surface area contributed by atoms with Gasteiger partial charge in [0.1, 0.15) is 0 Å². The average molecular weight is 401 g/mol. The molecule has 1 aromatic heterocycles. The van der Waals surface area contributed by atoms with Crippen LogP contribution in [-0.2, 0) is 9.53 Å². The lowest BCUT2D eigenvalue weighted by molar-refractivity contribution is -0.135. The number of nitrogens with zero attached hydrogens (tertiary/aromatic N) is 3. The number of hydrazone groups is 1. The molecular weight excluding hydrogens is 382 g/mol. The second-order valence-corrected chi connectivity index (χ2v) is 7.74. The van der Waals surface area contributed by atoms with E-state index < -0.39 is 6.23 Å². The summed E-state index contributed by atoms with van der Waals surface area (Å²) in [6, 6.07) is 15.5. The maximum atomic E-state index is 12.4. The Balaban J connectivity index is 1.43. The topological polar surface area (TPSA) is 73.3 Å². The van der Waals surface area contributed by atoms with Crippen LogP contribution in [0.1, 0.15) is 48.7 Å². The fourth-order valence-corrected chi connectivity index (χ4v) is 3.92. The van der Waals surface area contributed by atoms with Crippen molar-refractivity contribution in [1.82, 2.24) is 9.99 Å². The second-order valence-electron chi connectivity index (χ2n) is 7.74. The molecule has 0 unspecified atom stereocenters. The maximum absolute atomic E-state index is 12.4. The Kier molecular flexibility index (Phi) is 3.71. The number of para-hydroxylation sites is 1. The van der Waals surface area contributed by atoms with E-state index in [0.29, 0.717) is 23.3 Å². The molecule has 1 fully saturated rings. The third kappa shape index (κ3) is 2.77. The van der Waals surface area contributed by atoms with Crippen LogP contribution in [0.25, 0.3) is 10.9 Å². The van der Waals surface area contributed by atoms with Gasteiger partial charge in [-0.3, -0.25) is 9.78 Å². The van der Waals surface area contributed by atoms with Crippen molar-refractivity contribution in [1.29, 1.82) is 0 Å². The number of hydrogen-bond donors (Lipinski definition) is 0. The third-order valence-electron chi connectivity index (χ3n) is 5.61. The molecule has 1 saturated carbocycles. The first-order valence-electron chi connectivity index (χ1n) is 10.0. The van der Waals surface area contributed by atoms with E-state index in [4.69, 9.17) is 19.2 Å². The van der Waals surface area contributed by atoms with Gasteiger partial charge in [-0.1, -0.05) is 18.2 Å². The van der Waals surface area contributed by atoms with E-state index >= 15 is 0 Å². The summed E-state index contributed by atoms with van der Waals surface area (Å²) in [7, 11) is 0. The van der Waals surface area contributed by atoms with Crippen molar-refractivity contribution >= 4 is 22.7 Å². The van der Waals surface area contributed by atoms with Crippen molar-refractivity contribution in [2.24, 2.45) is 5.10 Å². The summed E-state index contributed by atoms with van der Waals surface area (Å²) in [6.07, 6.45) is 1.64. The van der Waals surface area contributed by atoms with Gasteiger partial charge in [0.2, 0.25) is 24.8 Å². The molecule has 3 aromatic rings. The number of pyridine rings is 1. The van der Waals surface area contributed by atoms with E-state index in [9.17, 15) is 4.79 Å². The summed E-state index contributed by atoms with van der Waals surface area (Å²) < 4.78 is 17.1. The molecule has 1 aliphatic carbocycles. The average Bonchev–Trinajstić information content (AvgIpc) is 3.34. The predicted molar refractivity (Wildman–Crippen MR) is 109 cm³/mol. The summed E-state index contributed by atoms with van der Waals surface area (Å²) in [5, 5.41) is 6.89. The number of carbonyl (C=O) groups excluding carboxylic acids is 1. The molecule has 0 bridgehead atoms. The molecule has 7 heteroatoms. The fraction of sp³-hybridized carbons (Fsp3) is 0.261. The fourth-order valence-electron chi connectivity index (χ4n) is 3.92. The minimum absolute atomic E-state index is 0.190. The summed E-state index contributed by atoms with van der Waals surface area (Å²) >= 11 is 0. The lowest BCUT2D eigenvalue weighted by atomic mass is 10.1. The minimum Gasteiger partial charge on any atom is -0.454 e. The van der Waals surface area contributed by atoms with Gasteiger partial charge >= 0.3 is 0 Å². The number of hydrogen-bond acceptors (Lipinski definition) is 6. The zero-order chi connectivity index (χ0) is 20.2. The van der Waals surface area contributed by atoms with Gasteiger partial charge in [0, 0.05) is 35.0 Å². The van der Waals surface area contributed by atoms with Gasteiger partial charge in [-0.25, -0.2) is 0 Å². The zero-order valence-corrected chi connectivity index (χ0v) is 16.4.